The summed E-state index contributed by atoms with van der Waals surface area (Å²) in [6.07, 6.45) is 0.653. The van der Waals surface area contributed by atoms with Gasteiger partial charge in [-0.25, -0.2) is 0 Å². The van der Waals surface area contributed by atoms with Crippen molar-refractivity contribution in [3.8, 4) is 0 Å². The van der Waals surface area contributed by atoms with Crippen molar-refractivity contribution in [2.24, 2.45) is 5.73 Å². The van der Waals surface area contributed by atoms with Gasteiger partial charge < -0.3 is 10.8 Å². The first-order chi connectivity index (χ1) is 7.65. The molecule has 92 valence electrons. The van der Waals surface area contributed by atoms with Gasteiger partial charge in [0.2, 0.25) is 0 Å². The van der Waals surface area contributed by atoms with Crippen LogP contribution in [-0.2, 0) is 11.2 Å². The molecule has 2 aromatic rings. The quantitative estimate of drug-likeness (QED) is 0.899. The highest BCUT2D eigenvalue weighted by atomic mass is 35.5. The molecule has 5 heteroatoms. The monoisotopic (exact) mass is 271 g/mol. The van der Waals surface area contributed by atoms with E-state index in [1.54, 1.807) is 11.3 Å². The van der Waals surface area contributed by atoms with Crippen molar-refractivity contribution in [2.75, 3.05) is 0 Å². The van der Waals surface area contributed by atoms with E-state index in [9.17, 15) is 4.79 Å². The van der Waals surface area contributed by atoms with Gasteiger partial charge in [-0.2, -0.15) is 0 Å². The Morgan fingerprint density at radius 3 is 2.76 bits per heavy atom. The molecule has 17 heavy (non-hydrogen) atoms. The standard InChI is InChI=1S/C12H13NO2S.ClH/c13-9(7-12(14)15)6-10-5-8-3-1-2-4-11(8)16-10;/h1-5,9H,6-7,13H2,(H,14,15);1H/t9-;/m1./s1. The number of carboxylic acids is 1. The Kier molecular flexibility index (Phi) is 4.93. The summed E-state index contributed by atoms with van der Waals surface area (Å²) in [5, 5.41) is 9.82. The number of halogens is 1. The normalized spacial score (nSPS) is 12.1. The SMILES string of the molecule is Cl.N[C@@H](CC(=O)O)Cc1cc2ccccc2s1. The summed E-state index contributed by atoms with van der Waals surface area (Å²) in [5.74, 6) is -0.839. The van der Waals surface area contributed by atoms with Crippen LogP contribution in [0.5, 0.6) is 0 Å². The lowest BCUT2D eigenvalue weighted by atomic mass is 10.1. The van der Waals surface area contributed by atoms with E-state index < -0.39 is 5.97 Å². The molecule has 2 rings (SSSR count). The molecule has 1 aromatic heterocycles. The van der Waals surface area contributed by atoms with Gasteiger partial charge in [-0.3, -0.25) is 4.79 Å². The van der Waals surface area contributed by atoms with E-state index in [1.807, 2.05) is 12.1 Å². The molecule has 3 N–H and O–H groups in total. The number of hydrogen-bond acceptors (Lipinski definition) is 3. The zero-order valence-electron chi connectivity index (χ0n) is 9.13. The maximum atomic E-state index is 10.5. The molecule has 3 nitrogen and oxygen atoms in total. The smallest absolute Gasteiger partial charge is 0.304 e. The molecule has 0 aliphatic heterocycles. The molecule has 0 bridgehead atoms. The Morgan fingerprint density at radius 1 is 1.41 bits per heavy atom. The van der Waals surface area contributed by atoms with Crippen molar-refractivity contribution in [1.29, 1.82) is 0 Å². The van der Waals surface area contributed by atoms with Crippen molar-refractivity contribution in [2.45, 2.75) is 18.9 Å². The summed E-state index contributed by atoms with van der Waals surface area (Å²) in [6, 6.07) is 9.90. The van der Waals surface area contributed by atoms with Crippen LogP contribution >= 0.6 is 23.7 Å². The molecule has 0 aliphatic rings. The Hall–Kier alpha value is -1.10. The number of benzene rings is 1. The first-order valence-electron chi connectivity index (χ1n) is 5.10. The highest BCUT2D eigenvalue weighted by Crippen LogP contribution is 2.26. The lowest BCUT2D eigenvalue weighted by molar-refractivity contribution is -0.137. The lowest BCUT2D eigenvalue weighted by Gasteiger charge is -2.05. The minimum absolute atomic E-state index is 0. The van der Waals surface area contributed by atoms with Crippen molar-refractivity contribution < 1.29 is 9.90 Å². The van der Waals surface area contributed by atoms with Crippen molar-refractivity contribution >= 4 is 39.8 Å². The van der Waals surface area contributed by atoms with E-state index in [2.05, 4.69) is 18.2 Å². The molecule has 1 atom stereocenters. The molecule has 0 unspecified atom stereocenters. The fraction of sp³-hybridized carbons (Fsp3) is 0.250. The zero-order chi connectivity index (χ0) is 11.5. The van der Waals surface area contributed by atoms with Crippen molar-refractivity contribution in [3.05, 3.63) is 35.2 Å². The fourth-order valence-electron chi connectivity index (χ4n) is 1.69. The van der Waals surface area contributed by atoms with Gasteiger partial charge in [0, 0.05) is 15.6 Å². The molecule has 0 fully saturated rings. The van der Waals surface area contributed by atoms with Gasteiger partial charge in [0.1, 0.15) is 0 Å². The molecular weight excluding hydrogens is 258 g/mol. The van der Waals surface area contributed by atoms with Gasteiger partial charge in [-0.15, -0.1) is 23.7 Å². The van der Waals surface area contributed by atoms with Gasteiger partial charge in [0.25, 0.3) is 0 Å². The van der Waals surface area contributed by atoms with Crippen LogP contribution in [0.2, 0.25) is 0 Å². The third-order valence-corrected chi connectivity index (χ3v) is 3.52. The number of fused-ring (bicyclic) bond motifs is 1. The second-order valence-electron chi connectivity index (χ2n) is 3.81. The lowest BCUT2D eigenvalue weighted by Crippen LogP contribution is -2.25. The first-order valence-corrected chi connectivity index (χ1v) is 5.91. The number of aliphatic carboxylic acids is 1. The Labute approximate surface area is 110 Å². The predicted molar refractivity (Wildman–Crippen MR) is 73.0 cm³/mol. The van der Waals surface area contributed by atoms with E-state index >= 15 is 0 Å². The molecule has 1 heterocycles. The maximum Gasteiger partial charge on any atom is 0.304 e. The van der Waals surface area contributed by atoms with Gasteiger partial charge >= 0.3 is 5.97 Å². The van der Waals surface area contributed by atoms with Crippen LogP contribution in [-0.4, -0.2) is 17.1 Å². The molecule has 0 spiro atoms. The first kappa shape index (κ1) is 14.0. The van der Waals surface area contributed by atoms with Crippen molar-refractivity contribution in [1.82, 2.24) is 0 Å². The van der Waals surface area contributed by atoms with E-state index in [-0.39, 0.29) is 24.9 Å². The Bertz CT molecular complexity index is 479. The molecule has 0 saturated carbocycles. The largest absolute Gasteiger partial charge is 0.481 e. The van der Waals surface area contributed by atoms with Crippen LogP contribution < -0.4 is 5.73 Å². The van der Waals surface area contributed by atoms with Gasteiger partial charge in [0.15, 0.2) is 0 Å². The van der Waals surface area contributed by atoms with Crippen LogP contribution in [0.3, 0.4) is 0 Å². The van der Waals surface area contributed by atoms with Crippen LogP contribution in [0, 0.1) is 0 Å². The van der Waals surface area contributed by atoms with E-state index in [4.69, 9.17) is 10.8 Å². The predicted octanol–water partition coefficient (Wildman–Crippen LogP) is 2.67. The van der Waals surface area contributed by atoms with Gasteiger partial charge in [-0.1, -0.05) is 18.2 Å². The number of rotatable bonds is 4. The summed E-state index contributed by atoms with van der Waals surface area (Å²) in [6.45, 7) is 0. The average molecular weight is 272 g/mol. The number of carboxylic acid groups (broad SMARTS) is 1. The second kappa shape index (κ2) is 6.00. The summed E-state index contributed by atoms with van der Waals surface area (Å²) in [4.78, 5) is 11.6. The summed E-state index contributed by atoms with van der Waals surface area (Å²) in [5.41, 5.74) is 5.75. The number of carbonyl (C=O) groups is 1. The summed E-state index contributed by atoms with van der Waals surface area (Å²) in [7, 11) is 0. The minimum Gasteiger partial charge on any atom is -0.481 e. The molecule has 0 saturated heterocycles. The van der Waals surface area contributed by atoms with Crippen molar-refractivity contribution in [3.63, 3.8) is 0 Å². The molecule has 0 amide bonds. The number of nitrogens with two attached hydrogens (primary N) is 1. The Balaban J connectivity index is 0.00000144. The van der Waals surface area contributed by atoms with E-state index in [0.29, 0.717) is 6.42 Å². The van der Waals surface area contributed by atoms with Gasteiger partial charge in [0.05, 0.1) is 6.42 Å². The molecule has 0 radical (unpaired) electrons. The van der Waals surface area contributed by atoms with E-state index in [0.717, 1.165) is 4.88 Å². The number of thiophene rings is 1. The zero-order valence-corrected chi connectivity index (χ0v) is 10.8. The summed E-state index contributed by atoms with van der Waals surface area (Å²) >= 11 is 1.68. The average Bonchev–Trinajstić information content (AvgIpc) is 2.57. The Morgan fingerprint density at radius 2 is 2.12 bits per heavy atom. The highest BCUT2D eigenvalue weighted by Gasteiger charge is 2.10. The second-order valence-corrected chi connectivity index (χ2v) is 4.98. The topological polar surface area (TPSA) is 63.3 Å². The van der Waals surface area contributed by atoms with Crippen LogP contribution in [0.25, 0.3) is 10.1 Å². The fourth-order valence-corrected chi connectivity index (χ4v) is 2.85. The number of hydrogen-bond donors (Lipinski definition) is 2. The molecule has 0 aliphatic carbocycles. The minimum atomic E-state index is -0.839. The summed E-state index contributed by atoms with van der Waals surface area (Å²) < 4.78 is 1.22. The molecule has 1 aromatic carbocycles. The molecular formula is C12H14ClNO2S. The van der Waals surface area contributed by atoms with E-state index in [1.165, 1.54) is 10.1 Å². The van der Waals surface area contributed by atoms with Crippen LogP contribution in [0.4, 0.5) is 0 Å². The van der Waals surface area contributed by atoms with Crippen LogP contribution in [0.1, 0.15) is 11.3 Å². The van der Waals surface area contributed by atoms with Gasteiger partial charge in [-0.05, 0) is 23.9 Å². The third-order valence-electron chi connectivity index (χ3n) is 2.38. The third kappa shape index (κ3) is 3.70. The maximum absolute atomic E-state index is 10.5. The highest BCUT2D eigenvalue weighted by molar-refractivity contribution is 7.19. The van der Waals surface area contributed by atoms with Crippen LogP contribution in [0.15, 0.2) is 30.3 Å².